The van der Waals surface area contributed by atoms with Crippen molar-refractivity contribution in [1.29, 1.82) is 0 Å². The third kappa shape index (κ3) is 3.03. The fourth-order valence-electron chi connectivity index (χ4n) is 2.65. The Morgan fingerprint density at radius 2 is 1.30 bits per heavy atom. The van der Waals surface area contributed by atoms with Crippen LogP contribution in [0.15, 0.2) is 54.6 Å². The van der Waals surface area contributed by atoms with Crippen LogP contribution in [0.5, 0.6) is 0 Å². The lowest BCUT2D eigenvalue weighted by Crippen LogP contribution is -1.96. The van der Waals surface area contributed by atoms with Gasteiger partial charge < -0.3 is 0 Å². The fraction of sp³-hybridized carbons (Fsp3) is 0.136. The highest BCUT2D eigenvalue weighted by Crippen LogP contribution is 2.28. The maximum absolute atomic E-state index is 5.74. The smallest absolute Gasteiger partial charge is 0.0868 e. The van der Waals surface area contributed by atoms with Crippen LogP contribution in [0.3, 0.4) is 0 Å². The van der Waals surface area contributed by atoms with Gasteiger partial charge in [-0.3, -0.25) is 0 Å². The zero-order valence-electron chi connectivity index (χ0n) is 13.7. The van der Waals surface area contributed by atoms with E-state index in [0.717, 1.165) is 33.6 Å². The minimum absolute atomic E-state index is 0.865. The van der Waals surface area contributed by atoms with Crippen LogP contribution in [0.1, 0.15) is 22.3 Å². The van der Waals surface area contributed by atoms with Crippen LogP contribution in [0.2, 0.25) is 0 Å². The molecule has 0 saturated heterocycles. The van der Waals surface area contributed by atoms with Crippen LogP contribution >= 0.6 is 0 Å². The molecule has 0 saturated carbocycles. The first-order valence-electron chi connectivity index (χ1n) is 7.71. The molecule has 1 nitrogen and oxygen atoms in total. The summed E-state index contributed by atoms with van der Waals surface area (Å²) >= 11 is 0. The summed E-state index contributed by atoms with van der Waals surface area (Å²) in [4.78, 5) is 4.86. The monoisotopic (exact) mass is 297 g/mol. The number of benzene rings is 2. The molecule has 0 fully saturated rings. The third-order valence-electron chi connectivity index (χ3n) is 4.03. The molecule has 0 aliphatic heterocycles. The number of nitrogens with zero attached hydrogens (tertiary/aromatic N) is 1. The molecule has 112 valence electrons. The molecular weight excluding hydrogens is 278 g/mol. The summed E-state index contributed by atoms with van der Waals surface area (Å²) in [6.07, 6.45) is 5.74. The van der Waals surface area contributed by atoms with Crippen molar-refractivity contribution >= 4 is 0 Å². The standard InChI is InChI=1S/C22H19N/c1-5-20-17(4)14-21(18-10-6-15(2)7-11-18)23-22(20)19-12-8-16(3)9-13-19/h1,6-14H,2-4H3. The van der Waals surface area contributed by atoms with Crippen molar-refractivity contribution < 1.29 is 0 Å². The van der Waals surface area contributed by atoms with E-state index < -0.39 is 0 Å². The van der Waals surface area contributed by atoms with Crippen molar-refractivity contribution in [3.8, 4) is 34.9 Å². The van der Waals surface area contributed by atoms with Gasteiger partial charge in [0, 0.05) is 11.1 Å². The number of terminal acetylenes is 1. The molecule has 0 aliphatic carbocycles. The van der Waals surface area contributed by atoms with Crippen LogP contribution < -0.4 is 0 Å². The number of aromatic nitrogens is 1. The number of hydrogen-bond acceptors (Lipinski definition) is 1. The van der Waals surface area contributed by atoms with Gasteiger partial charge in [-0.15, -0.1) is 6.42 Å². The Morgan fingerprint density at radius 3 is 1.83 bits per heavy atom. The molecule has 0 amide bonds. The van der Waals surface area contributed by atoms with Gasteiger partial charge in [0.05, 0.1) is 17.0 Å². The highest BCUT2D eigenvalue weighted by molar-refractivity contribution is 5.73. The van der Waals surface area contributed by atoms with Crippen LogP contribution in [-0.2, 0) is 0 Å². The van der Waals surface area contributed by atoms with Crippen molar-refractivity contribution in [3.05, 3.63) is 76.9 Å². The molecule has 0 unspecified atom stereocenters. The largest absolute Gasteiger partial charge is 0.246 e. The molecular formula is C22H19N. The minimum atomic E-state index is 0.865. The predicted molar refractivity (Wildman–Crippen MR) is 97.3 cm³/mol. The SMILES string of the molecule is C#Cc1c(C)cc(-c2ccc(C)cc2)nc1-c1ccc(C)cc1. The topological polar surface area (TPSA) is 12.9 Å². The summed E-state index contributed by atoms with van der Waals surface area (Å²) in [5.74, 6) is 2.80. The molecule has 1 heteroatoms. The third-order valence-corrected chi connectivity index (χ3v) is 4.03. The zero-order chi connectivity index (χ0) is 16.4. The van der Waals surface area contributed by atoms with Crippen molar-refractivity contribution in [2.45, 2.75) is 20.8 Å². The summed E-state index contributed by atoms with van der Waals surface area (Å²) in [6, 6.07) is 18.8. The van der Waals surface area contributed by atoms with Gasteiger partial charge in [-0.25, -0.2) is 4.98 Å². The summed E-state index contributed by atoms with van der Waals surface area (Å²) in [6.45, 7) is 6.21. The average Bonchev–Trinajstić information content (AvgIpc) is 2.55. The Balaban J connectivity index is 2.20. The van der Waals surface area contributed by atoms with Crippen LogP contribution in [0.25, 0.3) is 22.5 Å². The van der Waals surface area contributed by atoms with Gasteiger partial charge in [-0.1, -0.05) is 65.6 Å². The van der Waals surface area contributed by atoms with Crippen molar-refractivity contribution in [1.82, 2.24) is 4.98 Å². The molecule has 0 atom stereocenters. The van der Waals surface area contributed by atoms with E-state index in [2.05, 4.69) is 74.4 Å². The van der Waals surface area contributed by atoms with Gasteiger partial charge in [0.1, 0.15) is 0 Å². The van der Waals surface area contributed by atoms with E-state index >= 15 is 0 Å². The van der Waals surface area contributed by atoms with Gasteiger partial charge in [0.15, 0.2) is 0 Å². The fourth-order valence-corrected chi connectivity index (χ4v) is 2.65. The Bertz CT molecular complexity index is 879. The first kappa shape index (κ1) is 15.1. The van der Waals surface area contributed by atoms with E-state index in [9.17, 15) is 0 Å². The quantitative estimate of drug-likeness (QED) is 0.583. The van der Waals surface area contributed by atoms with Gasteiger partial charge in [0.2, 0.25) is 0 Å². The maximum atomic E-state index is 5.74. The van der Waals surface area contributed by atoms with Gasteiger partial charge in [0.25, 0.3) is 0 Å². The van der Waals surface area contributed by atoms with Crippen molar-refractivity contribution in [2.75, 3.05) is 0 Å². The highest BCUT2D eigenvalue weighted by Gasteiger charge is 2.11. The van der Waals surface area contributed by atoms with E-state index in [1.807, 2.05) is 6.92 Å². The normalized spacial score (nSPS) is 10.3. The first-order valence-corrected chi connectivity index (χ1v) is 7.71. The molecule has 1 heterocycles. The molecule has 0 aliphatic rings. The number of rotatable bonds is 2. The van der Waals surface area contributed by atoms with Crippen LogP contribution in [0, 0.1) is 33.1 Å². The summed E-state index contributed by atoms with van der Waals surface area (Å²) in [5.41, 5.74) is 8.40. The molecule has 0 N–H and O–H groups in total. The molecule has 1 aromatic heterocycles. The van der Waals surface area contributed by atoms with Crippen molar-refractivity contribution in [3.63, 3.8) is 0 Å². The molecule has 3 aromatic rings. The Morgan fingerprint density at radius 1 is 0.783 bits per heavy atom. The van der Waals surface area contributed by atoms with Crippen molar-refractivity contribution in [2.24, 2.45) is 0 Å². The Kier molecular flexibility index (Phi) is 4.00. The number of pyridine rings is 1. The lowest BCUT2D eigenvalue weighted by Gasteiger charge is -2.11. The molecule has 2 aromatic carbocycles. The second-order valence-electron chi connectivity index (χ2n) is 5.92. The van der Waals surface area contributed by atoms with E-state index in [1.165, 1.54) is 11.1 Å². The lowest BCUT2D eigenvalue weighted by atomic mass is 9.98. The average molecular weight is 297 g/mol. The second kappa shape index (κ2) is 6.10. The first-order chi connectivity index (χ1) is 11.1. The zero-order valence-corrected chi connectivity index (χ0v) is 13.7. The highest BCUT2D eigenvalue weighted by atomic mass is 14.7. The Hall–Kier alpha value is -2.85. The van der Waals surface area contributed by atoms with Crippen LogP contribution in [-0.4, -0.2) is 4.98 Å². The molecule has 0 bridgehead atoms. The van der Waals surface area contributed by atoms with E-state index in [4.69, 9.17) is 11.4 Å². The van der Waals surface area contributed by atoms with E-state index in [-0.39, 0.29) is 0 Å². The summed E-state index contributed by atoms with van der Waals surface area (Å²) in [7, 11) is 0. The summed E-state index contributed by atoms with van der Waals surface area (Å²) in [5, 5.41) is 0. The maximum Gasteiger partial charge on any atom is 0.0868 e. The number of hydrogen-bond donors (Lipinski definition) is 0. The molecule has 0 radical (unpaired) electrons. The summed E-state index contributed by atoms with van der Waals surface area (Å²) < 4.78 is 0. The second-order valence-corrected chi connectivity index (χ2v) is 5.92. The van der Waals surface area contributed by atoms with Gasteiger partial charge in [-0.05, 0) is 32.4 Å². The number of aryl methyl sites for hydroxylation is 3. The van der Waals surface area contributed by atoms with Gasteiger partial charge in [-0.2, -0.15) is 0 Å². The molecule has 3 rings (SSSR count). The molecule has 0 spiro atoms. The Labute approximate surface area is 138 Å². The predicted octanol–water partition coefficient (Wildman–Crippen LogP) is 5.32. The van der Waals surface area contributed by atoms with E-state index in [1.54, 1.807) is 0 Å². The van der Waals surface area contributed by atoms with Gasteiger partial charge >= 0.3 is 0 Å². The lowest BCUT2D eigenvalue weighted by molar-refractivity contribution is 1.26. The minimum Gasteiger partial charge on any atom is -0.246 e. The molecule has 23 heavy (non-hydrogen) atoms. The van der Waals surface area contributed by atoms with E-state index in [0.29, 0.717) is 0 Å². The van der Waals surface area contributed by atoms with Crippen LogP contribution in [0.4, 0.5) is 0 Å².